The van der Waals surface area contributed by atoms with Gasteiger partial charge in [-0.05, 0) is 19.5 Å². The van der Waals surface area contributed by atoms with E-state index in [1.54, 1.807) is 12.1 Å². The van der Waals surface area contributed by atoms with E-state index in [9.17, 15) is 9.90 Å². The average molecular weight is 277 g/mol. The van der Waals surface area contributed by atoms with Gasteiger partial charge in [0.15, 0.2) is 5.54 Å². The second-order valence-electron chi connectivity index (χ2n) is 5.71. The van der Waals surface area contributed by atoms with Crippen LogP contribution in [0.1, 0.15) is 12.5 Å². The third-order valence-electron chi connectivity index (χ3n) is 4.19. The Morgan fingerprint density at radius 1 is 1.40 bits per heavy atom. The molecule has 1 aliphatic rings. The van der Waals surface area contributed by atoms with E-state index in [0.29, 0.717) is 18.2 Å². The Balaban J connectivity index is 2.16. The van der Waals surface area contributed by atoms with Crippen molar-refractivity contribution in [3.8, 4) is 0 Å². The molecular weight excluding hydrogens is 254 g/mol. The molecule has 1 aliphatic heterocycles. The van der Waals surface area contributed by atoms with Gasteiger partial charge in [0.25, 0.3) is 0 Å². The fourth-order valence-corrected chi connectivity index (χ4v) is 2.64. The zero-order chi connectivity index (χ0) is 14.8. The fraction of sp³-hybridized carbons (Fsp3) is 0.533. The van der Waals surface area contributed by atoms with Crippen molar-refractivity contribution in [1.82, 2.24) is 9.80 Å². The van der Waals surface area contributed by atoms with E-state index >= 15 is 0 Å². The van der Waals surface area contributed by atoms with Crippen molar-refractivity contribution >= 4 is 5.97 Å². The highest BCUT2D eigenvalue weighted by atomic mass is 16.4. The molecule has 0 aromatic heterocycles. The molecule has 0 bridgehead atoms. The van der Waals surface area contributed by atoms with Crippen LogP contribution >= 0.6 is 0 Å². The lowest BCUT2D eigenvalue weighted by molar-refractivity contribution is -0.145. The number of hydrogen-bond donors (Lipinski definition) is 2. The van der Waals surface area contributed by atoms with Gasteiger partial charge in [0.1, 0.15) is 0 Å². The number of carboxylic acids is 1. The minimum absolute atomic E-state index is 0.338. The number of rotatable bonds is 4. The molecule has 3 N–H and O–H groups in total. The molecule has 1 aromatic carbocycles. The summed E-state index contributed by atoms with van der Waals surface area (Å²) in [5.74, 6) is -0.977. The Bertz CT molecular complexity index is 465. The minimum Gasteiger partial charge on any atom is -0.480 e. The quantitative estimate of drug-likeness (QED) is 0.841. The summed E-state index contributed by atoms with van der Waals surface area (Å²) < 4.78 is 0. The molecule has 5 nitrogen and oxygen atoms in total. The fourth-order valence-electron chi connectivity index (χ4n) is 2.64. The SMILES string of the molecule is CC1CN(CC(N)(C(=O)O)c2ccccc2)CCN1C. The van der Waals surface area contributed by atoms with Gasteiger partial charge in [-0.25, -0.2) is 4.79 Å². The molecule has 2 atom stereocenters. The zero-order valence-corrected chi connectivity index (χ0v) is 12.1. The summed E-state index contributed by atoms with van der Waals surface area (Å²) in [5, 5.41) is 9.57. The highest BCUT2D eigenvalue weighted by Crippen LogP contribution is 2.21. The van der Waals surface area contributed by atoms with E-state index in [-0.39, 0.29) is 0 Å². The van der Waals surface area contributed by atoms with Gasteiger partial charge in [0.2, 0.25) is 0 Å². The lowest BCUT2D eigenvalue weighted by atomic mass is 9.90. The van der Waals surface area contributed by atoms with Crippen LogP contribution in [0.3, 0.4) is 0 Å². The molecule has 1 saturated heterocycles. The summed E-state index contributed by atoms with van der Waals surface area (Å²) in [5.41, 5.74) is 5.52. The lowest BCUT2D eigenvalue weighted by Crippen LogP contribution is -2.58. The van der Waals surface area contributed by atoms with Crippen molar-refractivity contribution in [2.45, 2.75) is 18.5 Å². The van der Waals surface area contributed by atoms with Crippen molar-refractivity contribution in [3.05, 3.63) is 35.9 Å². The highest BCUT2D eigenvalue weighted by molar-refractivity contribution is 5.80. The van der Waals surface area contributed by atoms with E-state index < -0.39 is 11.5 Å². The molecular formula is C15H23N3O2. The maximum Gasteiger partial charge on any atom is 0.329 e. The monoisotopic (exact) mass is 277 g/mol. The molecule has 1 heterocycles. The summed E-state index contributed by atoms with van der Waals surface area (Å²) in [6.07, 6.45) is 0. The van der Waals surface area contributed by atoms with Gasteiger partial charge in [0.05, 0.1) is 0 Å². The first-order valence-corrected chi connectivity index (χ1v) is 6.94. The Kier molecular flexibility index (Phi) is 4.42. The van der Waals surface area contributed by atoms with Crippen molar-refractivity contribution in [2.75, 3.05) is 33.2 Å². The Morgan fingerprint density at radius 2 is 2.05 bits per heavy atom. The summed E-state index contributed by atoms with van der Waals surface area (Å²) >= 11 is 0. The number of hydrogen-bond acceptors (Lipinski definition) is 4. The second kappa shape index (κ2) is 5.91. The molecule has 0 radical (unpaired) electrons. The van der Waals surface area contributed by atoms with Crippen molar-refractivity contribution in [1.29, 1.82) is 0 Å². The molecule has 1 fully saturated rings. The molecule has 0 aliphatic carbocycles. The largest absolute Gasteiger partial charge is 0.480 e. The standard InChI is InChI=1S/C15H23N3O2/c1-12-10-18(9-8-17(12)2)11-15(16,14(19)20)13-6-4-3-5-7-13/h3-7,12H,8-11,16H2,1-2H3,(H,19,20). The number of likely N-dealkylation sites (N-methyl/N-ethyl adjacent to an activating group) is 1. The maximum absolute atomic E-state index is 11.7. The Labute approximate surface area is 120 Å². The van der Waals surface area contributed by atoms with Crippen LogP contribution in [0.2, 0.25) is 0 Å². The summed E-state index contributed by atoms with van der Waals surface area (Å²) in [6.45, 7) is 5.11. The third-order valence-corrected chi connectivity index (χ3v) is 4.19. The van der Waals surface area contributed by atoms with Crippen LogP contribution in [0.15, 0.2) is 30.3 Å². The molecule has 0 spiro atoms. The molecule has 0 amide bonds. The van der Waals surface area contributed by atoms with E-state index in [4.69, 9.17) is 5.73 Å². The highest BCUT2D eigenvalue weighted by Gasteiger charge is 2.39. The number of benzene rings is 1. The van der Waals surface area contributed by atoms with Crippen LogP contribution in [0.5, 0.6) is 0 Å². The van der Waals surface area contributed by atoms with Crippen LogP contribution in [-0.4, -0.2) is 60.1 Å². The van der Waals surface area contributed by atoms with Crippen LogP contribution in [0.25, 0.3) is 0 Å². The van der Waals surface area contributed by atoms with E-state index in [1.165, 1.54) is 0 Å². The number of nitrogens with zero attached hydrogens (tertiary/aromatic N) is 2. The van der Waals surface area contributed by atoms with Crippen LogP contribution in [0, 0.1) is 0 Å². The van der Waals surface area contributed by atoms with Gasteiger partial charge in [-0.15, -0.1) is 0 Å². The predicted molar refractivity (Wildman–Crippen MR) is 78.5 cm³/mol. The Morgan fingerprint density at radius 3 is 2.60 bits per heavy atom. The lowest BCUT2D eigenvalue weighted by Gasteiger charge is -2.40. The first-order valence-electron chi connectivity index (χ1n) is 6.94. The van der Waals surface area contributed by atoms with E-state index in [2.05, 4.69) is 23.8 Å². The first-order chi connectivity index (χ1) is 9.43. The Hall–Kier alpha value is -1.43. The maximum atomic E-state index is 11.7. The van der Waals surface area contributed by atoms with Crippen LogP contribution in [-0.2, 0) is 10.3 Å². The number of carbonyl (C=O) groups is 1. The molecule has 2 rings (SSSR count). The van der Waals surface area contributed by atoms with Crippen LogP contribution < -0.4 is 5.73 Å². The minimum atomic E-state index is -1.35. The van der Waals surface area contributed by atoms with Gasteiger partial charge >= 0.3 is 5.97 Å². The number of aliphatic carboxylic acids is 1. The second-order valence-corrected chi connectivity index (χ2v) is 5.71. The van der Waals surface area contributed by atoms with Crippen molar-refractivity contribution in [3.63, 3.8) is 0 Å². The van der Waals surface area contributed by atoms with E-state index in [1.807, 2.05) is 18.2 Å². The summed E-state index contributed by atoms with van der Waals surface area (Å²) in [7, 11) is 2.09. The summed E-state index contributed by atoms with van der Waals surface area (Å²) in [6, 6.07) is 9.50. The molecule has 20 heavy (non-hydrogen) atoms. The van der Waals surface area contributed by atoms with Gasteiger partial charge in [-0.3, -0.25) is 4.90 Å². The molecule has 5 heteroatoms. The van der Waals surface area contributed by atoms with Crippen molar-refractivity contribution in [2.24, 2.45) is 5.73 Å². The number of nitrogens with two attached hydrogens (primary N) is 1. The number of piperazine rings is 1. The van der Waals surface area contributed by atoms with Crippen molar-refractivity contribution < 1.29 is 9.90 Å². The number of carboxylic acid groups (broad SMARTS) is 1. The topological polar surface area (TPSA) is 69.8 Å². The summed E-state index contributed by atoms with van der Waals surface area (Å²) in [4.78, 5) is 16.1. The smallest absolute Gasteiger partial charge is 0.329 e. The normalized spacial score (nSPS) is 24.2. The van der Waals surface area contributed by atoms with Gasteiger partial charge in [-0.2, -0.15) is 0 Å². The molecule has 110 valence electrons. The molecule has 2 unspecified atom stereocenters. The zero-order valence-electron chi connectivity index (χ0n) is 12.1. The van der Waals surface area contributed by atoms with Gasteiger partial charge in [0, 0.05) is 32.2 Å². The van der Waals surface area contributed by atoms with Gasteiger partial charge in [-0.1, -0.05) is 30.3 Å². The van der Waals surface area contributed by atoms with E-state index in [0.717, 1.165) is 19.6 Å². The predicted octanol–water partition coefficient (Wildman–Crippen LogP) is 0.561. The molecule has 0 saturated carbocycles. The first kappa shape index (κ1) is 15.0. The molecule has 1 aromatic rings. The third kappa shape index (κ3) is 3.00. The van der Waals surface area contributed by atoms with Crippen LogP contribution in [0.4, 0.5) is 0 Å². The van der Waals surface area contributed by atoms with Gasteiger partial charge < -0.3 is 15.7 Å². The average Bonchev–Trinajstić information content (AvgIpc) is 2.43.